The van der Waals surface area contributed by atoms with Gasteiger partial charge in [0, 0.05) is 0 Å². The van der Waals surface area contributed by atoms with Gasteiger partial charge in [-0.25, -0.2) is 0 Å². The standard InChI is InChI=1S/C46H42P2.2BrH/c1-39(37-47(41-25-9-3-10-26-41,42-27-11-4-12-28-42)43-29-13-5-14-30-43)23-21-22-24-40(2)38-48(44-31-15-6-16-32-44,45-33-17-7-18-34-45)46-35-19-8-20-36-46;;/h3-20,23-36H,37-38H2,1-2H3;2*1H/q+2;;/p-2. The van der Waals surface area contributed by atoms with Crippen LogP contribution in [-0.2, 0) is 0 Å². The first-order valence-corrected chi connectivity index (χ1v) is 20.5. The maximum Gasteiger partial charge on any atom is 0.116 e. The second kappa shape index (κ2) is 19.0. The molecule has 0 aromatic heterocycles. The summed E-state index contributed by atoms with van der Waals surface area (Å²) in [6.45, 7) is 4.48. The third-order valence-electron chi connectivity index (χ3n) is 8.88. The van der Waals surface area contributed by atoms with Gasteiger partial charge in [0.15, 0.2) is 0 Å². The number of hydrogen-bond donors (Lipinski definition) is 0. The molecular formula is C46H42Br2P2. The molecule has 0 unspecified atom stereocenters. The fourth-order valence-corrected chi connectivity index (χ4v) is 15.4. The molecule has 6 aromatic rings. The minimum absolute atomic E-state index is 0. The summed E-state index contributed by atoms with van der Waals surface area (Å²) in [5.74, 6) is 6.88. The third kappa shape index (κ3) is 8.72. The summed E-state index contributed by atoms with van der Waals surface area (Å²) >= 11 is 0. The topological polar surface area (TPSA) is 0 Å². The van der Waals surface area contributed by atoms with Gasteiger partial charge in [-0.2, -0.15) is 0 Å². The van der Waals surface area contributed by atoms with E-state index in [1.165, 1.54) is 43.0 Å². The van der Waals surface area contributed by atoms with Gasteiger partial charge in [0.05, 0.1) is 12.3 Å². The van der Waals surface area contributed by atoms with Crippen LogP contribution >= 0.6 is 14.5 Å². The average molecular weight is 817 g/mol. The van der Waals surface area contributed by atoms with Crippen molar-refractivity contribution in [3.8, 4) is 11.8 Å². The molecule has 0 nitrogen and oxygen atoms in total. The van der Waals surface area contributed by atoms with Gasteiger partial charge in [0.2, 0.25) is 0 Å². The minimum atomic E-state index is -1.95. The highest BCUT2D eigenvalue weighted by molar-refractivity contribution is 7.96. The Morgan fingerprint density at radius 3 is 0.720 bits per heavy atom. The lowest BCUT2D eigenvalue weighted by molar-refractivity contribution is -0.001000. The lowest BCUT2D eigenvalue weighted by Gasteiger charge is -2.28. The molecule has 0 atom stereocenters. The Morgan fingerprint density at radius 1 is 0.360 bits per heavy atom. The molecule has 6 rings (SSSR count). The Kier molecular flexibility index (Phi) is 14.8. The average Bonchev–Trinajstić information content (AvgIpc) is 3.17. The molecule has 0 aliphatic rings. The van der Waals surface area contributed by atoms with E-state index in [2.05, 4.69) is 220 Å². The molecular weight excluding hydrogens is 774 g/mol. The van der Waals surface area contributed by atoms with Crippen LogP contribution in [0.15, 0.2) is 205 Å². The molecule has 250 valence electrons. The van der Waals surface area contributed by atoms with Crippen LogP contribution in [0.2, 0.25) is 0 Å². The summed E-state index contributed by atoms with van der Waals surface area (Å²) in [7, 11) is -3.91. The van der Waals surface area contributed by atoms with E-state index in [0.29, 0.717) is 0 Å². The van der Waals surface area contributed by atoms with Gasteiger partial charge in [-0.1, -0.05) is 121 Å². The lowest BCUT2D eigenvalue weighted by Crippen LogP contribution is -3.00. The van der Waals surface area contributed by atoms with Gasteiger partial charge in [0.1, 0.15) is 46.4 Å². The number of hydrogen-bond acceptors (Lipinski definition) is 0. The summed E-state index contributed by atoms with van der Waals surface area (Å²) in [5.41, 5.74) is 2.58. The van der Waals surface area contributed by atoms with Crippen LogP contribution < -0.4 is 65.8 Å². The van der Waals surface area contributed by atoms with Crippen molar-refractivity contribution in [1.82, 2.24) is 0 Å². The van der Waals surface area contributed by atoms with E-state index >= 15 is 0 Å². The first-order chi connectivity index (χ1) is 23.6. The van der Waals surface area contributed by atoms with Crippen molar-refractivity contribution in [2.45, 2.75) is 13.8 Å². The van der Waals surface area contributed by atoms with Crippen molar-refractivity contribution in [3.05, 3.63) is 205 Å². The van der Waals surface area contributed by atoms with E-state index in [9.17, 15) is 0 Å². The van der Waals surface area contributed by atoms with E-state index in [4.69, 9.17) is 0 Å². The highest BCUT2D eigenvalue weighted by atomic mass is 79.9. The molecule has 50 heavy (non-hydrogen) atoms. The Bertz CT molecular complexity index is 1680. The summed E-state index contributed by atoms with van der Waals surface area (Å²) in [5, 5.41) is 8.34. The summed E-state index contributed by atoms with van der Waals surface area (Å²) in [6.07, 6.45) is 6.16. The van der Waals surface area contributed by atoms with Gasteiger partial charge in [-0.15, -0.1) is 0 Å². The zero-order chi connectivity index (χ0) is 33.1. The molecule has 0 aliphatic carbocycles. The van der Waals surface area contributed by atoms with Crippen LogP contribution in [0.1, 0.15) is 13.8 Å². The number of rotatable bonds is 10. The molecule has 4 heteroatoms. The van der Waals surface area contributed by atoms with Crippen molar-refractivity contribution >= 4 is 46.4 Å². The van der Waals surface area contributed by atoms with E-state index < -0.39 is 14.5 Å². The predicted molar refractivity (Wildman–Crippen MR) is 215 cm³/mol. The molecule has 0 aliphatic heterocycles. The van der Waals surface area contributed by atoms with E-state index in [1.54, 1.807) is 0 Å². The van der Waals surface area contributed by atoms with Crippen molar-refractivity contribution in [2.75, 3.05) is 12.3 Å². The molecule has 0 N–H and O–H groups in total. The SMILES string of the molecule is CC(=CC#CC=C(C)C[P+](c1ccccc1)(c1ccccc1)c1ccccc1)C[P+](c1ccccc1)(c1ccccc1)c1ccccc1.[Br-].[Br-]. The second-order valence-corrected chi connectivity index (χ2v) is 19.2. The molecule has 0 saturated heterocycles. The Balaban J connectivity index is 0.00000281. The summed E-state index contributed by atoms with van der Waals surface area (Å²) in [4.78, 5) is 0. The van der Waals surface area contributed by atoms with Crippen molar-refractivity contribution in [2.24, 2.45) is 0 Å². The van der Waals surface area contributed by atoms with Crippen LogP contribution in [-0.4, -0.2) is 12.3 Å². The van der Waals surface area contributed by atoms with Crippen LogP contribution in [0.4, 0.5) is 0 Å². The number of benzene rings is 6. The van der Waals surface area contributed by atoms with Gasteiger partial charge >= 0.3 is 0 Å². The fraction of sp³-hybridized carbons (Fsp3) is 0.0870. The smallest absolute Gasteiger partial charge is 0.116 e. The van der Waals surface area contributed by atoms with E-state index in [0.717, 1.165) is 12.3 Å². The van der Waals surface area contributed by atoms with E-state index in [1.807, 2.05) is 0 Å². The lowest BCUT2D eigenvalue weighted by atomic mass is 10.3. The fourth-order valence-electron chi connectivity index (χ4n) is 6.71. The third-order valence-corrected chi connectivity index (χ3v) is 17.9. The van der Waals surface area contributed by atoms with Crippen LogP contribution in [0.3, 0.4) is 0 Å². The van der Waals surface area contributed by atoms with Gasteiger partial charge in [-0.3, -0.25) is 0 Å². The summed E-state index contributed by atoms with van der Waals surface area (Å²) in [6, 6.07) is 66.4. The van der Waals surface area contributed by atoms with Gasteiger partial charge in [-0.05, 0) is 110 Å². The monoisotopic (exact) mass is 814 g/mol. The maximum atomic E-state index is 3.44. The summed E-state index contributed by atoms with van der Waals surface area (Å²) < 4.78 is 0. The number of allylic oxidation sites excluding steroid dienone is 4. The van der Waals surface area contributed by atoms with Crippen LogP contribution in [0.5, 0.6) is 0 Å². The Morgan fingerprint density at radius 2 is 0.540 bits per heavy atom. The van der Waals surface area contributed by atoms with Crippen LogP contribution in [0.25, 0.3) is 0 Å². The quantitative estimate of drug-likeness (QED) is 0.148. The van der Waals surface area contributed by atoms with Crippen molar-refractivity contribution in [1.29, 1.82) is 0 Å². The second-order valence-electron chi connectivity index (χ2n) is 12.2. The van der Waals surface area contributed by atoms with Crippen molar-refractivity contribution in [3.63, 3.8) is 0 Å². The Labute approximate surface area is 321 Å². The zero-order valence-electron chi connectivity index (χ0n) is 28.5. The largest absolute Gasteiger partial charge is 1.00 e. The molecule has 6 aromatic carbocycles. The molecule has 0 radical (unpaired) electrons. The van der Waals surface area contributed by atoms with Crippen LogP contribution in [0, 0.1) is 11.8 Å². The van der Waals surface area contributed by atoms with E-state index in [-0.39, 0.29) is 34.0 Å². The van der Waals surface area contributed by atoms with Crippen molar-refractivity contribution < 1.29 is 34.0 Å². The highest BCUT2D eigenvalue weighted by Crippen LogP contribution is 2.57. The first kappa shape index (κ1) is 39.0. The molecule has 0 spiro atoms. The predicted octanol–water partition coefficient (Wildman–Crippen LogP) is 2.88. The minimum Gasteiger partial charge on any atom is -1.00 e. The maximum absolute atomic E-state index is 3.44. The van der Waals surface area contributed by atoms with Gasteiger partial charge < -0.3 is 34.0 Å². The molecule has 0 bridgehead atoms. The molecule has 0 heterocycles. The molecule has 0 fully saturated rings. The van der Waals surface area contributed by atoms with Gasteiger partial charge in [0.25, 0.3) is 0 Å². The normalized spacial score (nSPS) is 11.7. The molecule has 0 amide bonds. The first-order valence-electron chi connectivity index (χ1n) is 16.6. The zero-order valence-corrected chi connectivity index (χ0v) is 33.5. The highest BCUT2D eigenvalue weighted by Gasteiger charge is 2.46. The molecule has 0 saturated carbocycles. The number of halogens is 2. The Hall–Kier alpha value is -3.82.